The summed E-state index contributed by atoms with van der Waals surface area (Å²) in [6, 6.07) is 5.63. The van der Waals surface area contributed by atoms with Gasteiger partial charge < -0.3 is 11.1 Å². The first-order chi connectivity index (χ1) is 9.10. The third-order valence-corrected chi connectivity index (χ3v) is 4.04. The van der Waals surface area contributed by atoms with Crippen molar-refractivity contribution in [2.24, 2.45) is 0 Å². The molecule has 0 spiro atoms. The molecule has 3 N–H and O–H groups in total. The maximum atomic E-state index is 12.3. The van der Waals surface area contributed by atoms with Crippen LogP contribution in [0.25, 0.3) is 0 Å². The van der Waals surface area contributed by atoms with Crippen LogP contribution in [0.5, 0.6) is 0 Å². The van der Waals surface area contributed by atoms with Crippen LogP contribution in [0.3, 0.4) is 0 Å². The first-order valence-corrected chi connectivity index (χ1v) is 7.74. The molecule has 0 fully saturated rings. The van der Waals surface area contributed by atoms with Crippen molar-refractivity contribution in [3.8, 4) is 0 Å². The van der Waals surface area contributed by atoms with Crippen molar-refractivity contribution in [3.05, 3.63) is 28.2 Å². The smallest absolute Gasteiger partial charge is 0.252 e. The number of hydrogen-bond acceptors (Lipinski definition) is 2. The van der Waals surface area contributed by atoms with E-state index < -0.39 is 0 Å². The Bertz CT molecular complexity index is 421. The summed E-state index contributed by atoms with van der Waals surface area (Å²) in [4.78, 5) is 12.3. The Morgan fingerprint density at radius 1 is 1.32 bits per heavy atom. The summed E-state index contributed by atoms with van der Waals surface area (Å²) in [7, 11) is 0. The number of nitrogen functional groups attached to an aromatic ring is 1. The third kappa shape index (κ3) is 4.86. The second kappa shape index (κ2) is 8.20. The molecular formula is C15H23BrN2O. The monoisotopic (exact) mass is 326 g/mol. The van der Waals surface area contributed by atoms with Gasteiger partial charge in [0, 0.05) is 11.7 Å². The molecule has 0 radical (unpaired) electrons. The standard InChI is InChI=1S/C15H23BrN2O/c1-3-5-8-11(7-4-2)18-15(19)12-9-6-10-13(17)14(12)16/h6,9-11H,3-5,7-8,17H2,1-2H3,(H,18,19). The normalized spacial score (nSPS) is 12.2. The SMILES string of the molecule is CCCCC(CCC)NC(=O)c1cccc(N)c1Br. The van der Waals surface area contributed by atoms with Crippen molar-refractivity contribution in [1.29, 1.82) is 0 Å². The van der Waals surface area contributed by atoms with E-state index >= 15 is 0 Å². The summed E-state index contributed by atoms with van der Waals surface area (Å²) in [5.74, 6) is -0.0475. The summed E-state index contributed by atoms with van der Waals surface area (Å²) in [5, 5.41) is 3.11. The van der Waals surface area contributed by atoms with Gasteiger partial charge in [0.05, 0.1) is 10.0 Å². The topological polar surface area (TPSA) is 55.1 Å². The Labute approximate surface area is 124 Å². The van der Waals surface area contributed by atoms with Crippen molar-refractivity contribution in [1.82, 2.24) is 5.32 Å². The molecule has 0 aliphatic rings. The van der Waals surface area contributed by atoms with E-state index in [1.54, 1.807) is 18.2 Å². The lowest BCUT2D eigenvalue weighted by molar-refractivity contribution is 0.0931. The summed E-state index contributed by atoms with van der Waals surface area (Å²) in [6.45, 7) is 4.31. The summed E-state index contributed by atoms with van der Waals surface area (Å²) in [5.41, 5.74) is 7.00. The van der Waals surface area contributed by atoms with Gasteiger partial charge in [0.25, 0.3) is 5.91 Å². The molecule has 0 aromatic heterocycles. The molecule has 1 aromatic carbocycles. The molecule has 1 aromatic rings. The van der Waals surface area contributed by atoms with Crippen LogP contribution in [0.2, 0.25) is 0 Å². The number of nitrogens with one attached hydrogen (secondary N) is 1. The second-order valence-corrected chi connectivity index (χ2v) is 5.60. The lowest BCUT2D eigenvalue weighted by Crippen LogP contribution is -2.35. The molecule has 4 heteroatoms. The highest BCUT2D eigenvalue weighted by Gasteiger charge is 2.15. The van der Waals surface area contributed by atoms with E-state index in [9.17, 15) is 4.79 Å². The number of hydrogen-bond donors (Lipinski definition) is 2. The summed E-state index contributed by atoms with van der Waals surface area (Å²) >= 11 is 3.38. The van der Waals surface area contributed by atoms with Crippen molar-refractivity contribution < 1.29 is 4.79 Å². The van der Waals surface area contributed by atoms with Crippen molar-refractivity contribution in [2.75, 3.05) is 5.73 Å². The Balaban J connectivity index is 2.72. The van der Waals surface area contributed by atoms with E-state index in [2.05, 4.69) is 35.1 Å². The molecule has 0 aliphatic heterocycles. The molecule has 1 unspecified atom stereocenters. The van der Waals surface area contributed by atoms with Crippen LogP contribution in [-0.2, 0) is 0 Å². The molecule has 1 amide bonds. The van der Waals surface area contributed by atoms with Crippen molar-refractivity contribution >= 4 is 27.5 Å². The van der Waals surface area contributed by atoms with Crippen LogP contribution in [0.4, 0.5) is 5.69 Å². The maximum Gasteiger partial charge on any atom is 0.252 e. The molecule has 19 heavy (non-hydrogen) atoms. The quantitative estimate of drug-likeness (QED) is 0.740. The van der Waals surface area contributed by atoms with E-state index in [0.717, 1.165) is 32.1 Å². The highest BCUT2D eigenvalue weighted by Crippen LogP contribution is 2.24. The Morgan fingerprint density at radius 3 is 2.68 bits per heavy atom. The zero-order chi connectivity index (χ0) is 14.3. The van der Waals surface area contributed by atoms with Crippen LogP contribution in [-0.4, -0.2) is 11.9 Å². The second-order valence-electron chi connectivity index (χ2n) is 4.81. The molecule has 0 aliphatic carbocycles. The zero-order valence-electron chi connectivity index (χ0n) is 11.7. The van der Waals surface area contributed by atoms with Gasteiger partial charge in [-0.2, -0.15) is 0 Å². The number of carbonyl (C=O) groups is 1. The first kappa shape index (κ1) is 16.0. The number of anilines is 1. The van der Waals surface area contributed by atoms with Gasteiger partial charge in [-0.05, 0) is 40.9 Å². The van der Waals surface area contributed by atoms with E-state index in [1.807, 2.05) is 0 Å². The summed E-state index contributed by atoms with van der Waals surface area (Å²) in [6.07, 6.45) is 5.43. The average Bonchev–Trinajstić information content (AvgIpc) is 2.39. The first-order valence-electron chi connectivity index (χ1n) is 6.95. The number of carbonyl (C=O) groups excluding carboxylic acids is 1. The molecule has 1 rings (SSSR count). The van der Waals surface area contributed by atoms with Gasteiger partial charge in [-0.15, -0.1) is 0 Å². The third-order valence-electron chi connectivity index (χ3n) is 3.15. The maximum absolute atomic E-state index is 12.3. The average molecular weight is 327 g/mol. The van der Waals surface area contributed by atoms with Gasteiger partial charge in [0.15, 0.2) is 0 Å². The molecular weight excluding hydrogens is 304 g/mol. The Kier molecular flexibility index (Phi) is 6.92. The lowest BCUT2D eigenvalue weighted by atomic mass is 10.0. The van der Waals surface area contributed by atoms with Gasteiger partial charge >= 0.3 is 0 Å². The number of rotatable bonds is 7. The number of unbranched alkanes of at least 4 members (excludes halogenated alkanes) is 1. The van der Waals surface area contributed by atoms with Crippen LogP contribution in [0.15, 0.2) is 22.7 Å². The van der Waals surface area contributed by atoms with Gasteiger partial charge in [-0.1, -0.05) is 39.2 Å². The minimum Gasteiger partial charge on any atom is -0.398 e. The van der Waals surface area contributed by atoms with Gasteiger partial charge in [-0.3, -0.25) is 4.79 Å². The predicted octanol–water partition coefficient (Wildman–Crippen LogP) is 4.12. The summed E-state index contributed by atoms with van der Waals surface area (Å²) < 4.78 is 0.679. The van der Waals surface area contributed by atoms with Crippen molar-refractivity contribution in [3.63, 3.8) is 0 Å². The lowest BCUT2D eigenvalue weighted by Gasteiger charge is -2.18. The van der Waals surface area contributed by atoms with E-state index in [0.29, 0.717) is 15.7 Å². The van der Waals surface area contributed by atoms with Crippen LogP contribution >= 0.6 is 15.9 Å². The van der Waals surface area contributed by atoms with Gasteiger partial charge in [0.2, 0.25) is 0 Å². The van der Waals surface area contributed by atoms with Crippen LogP contribution < -0.4 is 11.1 Å². The molecule has 0 bridgehead atoms. The molecule has 0 heterocycles. The number of halogens is 1. The highest BCUT2D eigenvalue weighted by molar-refractivity contribution is 9.10. The molecule has 106 valence electrons. The molecule has 0 saturated carbocycles. The molecule has 1 atom stereocenters. The zero-order valence-corrected chi connectivity index (χ0v) is 13.3. The van der Waals surface area contributed by atoms with Gasteiger partial charge in [0.1, 0.15) is 0 Å². The van der Waals surface area contributed by atoms with E-state index in [1.165, 1.54) is 0 Å². The van der Waals surface area contributed by atoms with Crippen LogP contribution in [0, 0.1) is 0 Å². The number of benzene rings is 1. The fraction of sp³-hybridized carbons (Fsp3) is 0.533. The Hall–Kier alpha value is -1.03. The minimum atomic E-state index is -0.0475. The highest BCUT2D eigenvalue weighted by atomic mass is 79.9. The largest absolute Gasteiger partial charge is 0.398 e. The van der Waals surface area contributed by atoms with Gasteiger partial charge in [-0.25, -0.2) is 0 Å². The van der Waals surface area contributed by atoms with Crippen LogP contribution in [0.1, 0.15) is 56.3 Å². The predicted molar refractivity (Wildman–Crippen MR) is 84.2 cm³/mol. The van der Waals surface area contributed by atoms with E-state index in [4.69, 9.17) is 5.73 Å². The van der Waals surface area contributed by atoms with Crippen molar-refractivity contribution in [2.45, 2.75) is 52.0 Å². The molecule has 3 nitrogen and oxygen atoms in total. The Morgan fingerprint density at radius 2 is 2.05 bits per heavy atom. The molecule has 0 saturated heterocycles. The number of nitrogens with two attached hydrogens (primary N) is 1. The number of amides is 1. The fourth-order valence-corrected chi connectivity index (χ4v) is 2.52. The fourth-order valence-electron chi connectivity index (χ4n) is 2.08. The minimum absolute atomic E-state index is 0.0475. The van der Waals surface area contributed by atoms with E-state index in [-0.39, 0.29) is 11.9 Å².